The number of nitrogens with zero attached hydrogens (tertiary/aromatic N) is 1. The van der Waals surface area contributed by atoms with Gasteiger partial charge in [0.2, 0.25) is 0 Å². The number of amides is 1. The lowest BCUT2D eigenvalue weighted by atomic mass is 10.2. The zero-order chi connectivity index (χ0) is 16.8. The lowest BCUT2D eigenvalue weighted by Gasteiger charge is -2.13. The Bertz CT molecular complexity index is 669. The van der Waals surface area contributed by atoms with E-state index in [0.29, 0.717) is 12.3 Å². The highest BCUT2D eigenvalue weighted by molar-refractivity contribution is 9.10. The van der Waals surface area contributed by atoms with Crippen LogP contribution in [-0.4, -0.2) is 26.6 Å². The molecule has 0 aliphatic carbocycles. The number of hydrogen-bond acceptors (Lipinski definition) is 3. The minimum Gasteiger partial charge on any atom is -0.483 e. The highest BCUT2D eigenvalue weighted by Crippen LogP contribution is 2.25. The third kappa shape index (κ3) is 5.28. The van der Waals surface area contributed by atoms with Gasteiger partial charge in [0.15, 0.2) is 6.61 Å². The molecule has 1 amide bonds. The zero-order valence-electron chi connectivity index (χ0n) is 13.6. The van der Waals surface area contributed by atoms with E-state index < -0.39 is 0 Å². The van der Waals surface area contributed by atoms with E-state index in [-0.39, 0.29) is 12.5 Å². The molecule has 1 N–H and O–H groups in total. The number of aryl methyl sites for hydroxylation is 1. The summed E-state index contributed by atoms with van der Waals surface area (Å²) in [7, 11) is 3.99. The Hall–Kier alpha value is -2.01. The quantitative estimate of drug-likeness (QED) is 0.838. The molecule has 0 heterocycles. The number of rotatable bonds is 6. The van der Waals surface area contributed by atoms with Crippen molar-refractivity contribution in [3.8, 4) is 5.75 Å². The van der Waals surface area contributed by atoms with Crippen molar-refractivity contribution in [2.75, 3.05) is 25.6 Å². The van der Waals surface area contributed by atoms with Gasteiger partial charge in [-0.15, -0.1) is 0 Å². The third-order valence-electron chi connectivity index (χ3n) is 3.39. The first-order chi connectivity index (χ1) is 11.0. The number of nitrogens with one attached hydrogen (secondary N) is 1. The topological polar surface area (TPSA) is 41.6 Å². The maximum atomic E-state index is 11.9. The smallest absolute Gasteiger partial charge is 0.258 e. The average Bonchev–Trinajstić information content (AvgIpc) is 2.52. The Morgan fingerprint density at radius 2 is 1.87 bits per heavy atom. The number of anilines is 1. The van der Waals surface area contributed by atoms with Gasteiger partial charge in [0.1, 0.15) is 5.75 Å². The lowest BCUT2D eigenvalue weighted by Crippen LogP contribution is -2.28. The van der Waals surface area contributed by atoms with Crippen LogP contribution in [0.2, 0.25) is 0 Å². The number of halogens is 1. The van der Waals surface area contributed by atoms with E-state index in [9.17, 15) is 4.79 Å². The first-order valence-electron chi connectivity index (χ1n) is 7.37. The van der Waals surface area contributed by atoms with E-state index in [4.69, 9.17) is 4.74 Å². The highest BCUT2D eigenvalue weighted by Gasteiger charge is 2.06. The van der Waals surface area contributed by atoms with Gasteiger partial charge in [-0.05, 0) is 58.2 Å². The van der Waals surface area contributed by atoms with Crippen LogP contribution in [0, 0.1) is 6.92 Å². The Morgan fingerprint density at radius 3 is 2.48 bits per heavy atom. The lowest BCUT2D eigenvalue weighted by molar-refractivity contribution is -0.123. The molecule has 0 bridgehead atoms. The van der Waals surface area contributed by atoms with Crippen LogP contribution < -0.4 is 15.0 Å². The summed E-state index contributed by atoms with van der Waals surface area (Å²) >= 11 is 3.43. The Labute approximate surface area is 145 Å². The molecule has 0 atom stereocenters. The van der Waals surface area contributed by atoms with Crippen LogP contribution in [0.25, 0.3) is 0 Å². The molecule has 0 aromatic heterocycles. The summed E-state index contributed by atoms with van der Waals surface area (Å²) in [4.78, 5) is 13.9. The second-order valence-electron chi connectivity index (χ2n) is 5.56. The van der Waals surface area contributed by atoms with Gasteiger partial charge in [-0.25, -0.2) is 0 Å². The molecule has 2 aromatic carbocycles. The molecule has 5 heteroatoms. The highest BCUT2D eigenvalue weighted by atomic mass is 79.9. The van der Waals surface area contributed by atoms with E-state index in [2.05, 4.69) is 21.2 Å². The number of hydrogen-bond donors (Lipinski definition) is 1. The second-order valence-corrected chi connectivity index (χ2v) is 6.41. The standard InChI is InChI=1S/C18H21BrN2O2/c1-13-4-9-17(16(19)10-13)23-12-18(22)20-11-14-5-7-15(8-6-14)21(2)3/h4-10H,11-12H2,1-3H3,(H,20,22). The fraction of sp³-hybridized carbons (Fsp3) is 0.278. The average molecular weight is 377 g/mol. The molecular formula is C18H21BrN2O2. The Morgan fingerprint density at radius 1 is 1.17 bits per heavy atom. The summed E-state index contributed by atoms with van der Waals surface area (Å²) in [6.45, 7) is 2.49. The van der Waals surface area contributed by atoms with E-state index in [0.717, 1.165) is 21.3 Å². The summed E-state index contributed by atoms with van der Waals surface area (Å²) in [5, 5.41) is 2.86. The maximum absolute atomic E-state index is 11.9. The van der Waals surface area contributed by atoms with Crippen LogP contribution in [0.5, 0.6) is 5.75 Å². The molecule has 23 heavy (non-hydrogen) atoms. The number of benzene rings is 2. The monoisotopic (exact) mass is 376 g/mol. The Kier molecular flexibility index (Phi) is 6.04. The molecule has 2 aromatic rings. The van der Waals surface area contributed by atoms with E-state index in [1.807, 2.05) is 68.4 Å². The van der Waals surface area contributed by atoms with Crippen LogP contribution in [0.3, 0.4) is 0 Å². The summed E-state index contributed by atoms with van der Waals surface area (Å²) in [6.07, 6.45) is 0. The molecule has 0 saturated heterocycles. The van der Waals surface area contributed by atoms with Gasteiger partial charge in [0.25, 0.3) is 5.91 Å². The van der Waals surface area contributed by atoms with E-state index in [1.54, 1.807) is 0 Å². The third-order valence-corrected chi connectivity index (χ3v) is 4.01. The molecule has 0 spiro atoms. The van der Waals surface area contributed by atoms with Gasteiger partial charge in [0, 0.05) is 26.3 Å². The molecule has 4 nitrogen and oxygen atoms in total. The largest absolute Gasteiger partial charge is 0.483 e. The van der Waals surface area contributed by atoms with Gasteiger partial charge in [0.05, 0.1) is 4.47 Å². The molecule has 0 aliphatic rings. The fourth-order valence-corrected chi connectivity index (χ4v) is 2.64. The van der Waals surface area contributed by atoms with E-state index in [1.165, 1.54) is 0 Å². The van der Waals surface area contributed by atoms with Crippen molar-refractivity contribution in [2.24, 2.45) is 0 Å². The molecule has 0 radical (unpaired) electrons. The normalized spacial score (nSPS) is 10.3. The molecule has 0 saturated carbocycles. The molecular weight excluding hydrogens is 356 g/mol. The molecule has 2 rings (SSSR count). The van der Waals surface area contributed by atoms with Crippen LogP contribution in [0.4, 0.5) is 5.69 Å². The number of ether oxygens (including phenoxy) is 1. The molecule has 0 aliphatic heterocycles. The summed E-state index contributed by atoms with van der Waals surface area (Å²) in [5.41, 5.74) is 3.32. The summed E-state index contributed by atoms with van der Waals surface area (Å²) in [6, 6.07) is 13.8. The van der Waals surface area contributed by atoms with Crippen molar-refractivity contribution in [1.82, 2.24) is 5.32 Å². The van der Waals surface area contributed by atoms with Gasteiger partial charge in [-0.1, -0.05) is 18.2 Å². The van der Waals surface area contributed by atoms with Crippen molar-refractivity contribution >= 4 is 27.5 Å². The molecule has 0 unspecified atom stereocenters. The maximum Gasteiger partial charge on any atom is 0.258 e. The fourth-order valence-electron chi connectivity index (χ4n) is 2.03. The SMILES string of the molecule is Cc1ccc(OCC(=O)NCc2ccc(N(C)C)cc2)c(Br)c1. The van der Waals surface area contributed by atoms with Crippen LogP contribution >= 0.6 is 15.9 Å². The number of carbonyl (C=O) groups excluding carboxylic acids is 1. The van der Waals surface area contributed by atoms with Gasteiger partial charge < -0.3 is 15.0 Å². The van der Waals surface area contributed by atoms with Crippen molar-refractivity contribution in [1.29, 1.82) is 0 Å². The van der Waals surface area contributed by atoms with Crippen molar-refractivity contribution in [3.63, 3.8) is 0 Å². The predicted octanol–water partition coefficient (Wildman–Crippen LogP) is 3.52. The van der Waals surface area contributed by atoms with Crippen molar-refractivity contribution < 1.29 is 9.53 Å². The second kappa shape index (κ2) is 8.02. The van der Waals surface area contributed by atoms with Crippen LogP contribution in [0.15, 0.2) is 46.9 Å². The van der Waals surface area contributed by atoms with Crippen LogP contribution in [-0.2, 0) is 11.3 Å². The molecule has 0 fully saturated rings. The van der Waals surface area contributed by atoms with Crippen molar-refractivity contribution in [3.05, 3.63) is 58.1 Å². The van der Waals surface area contributed by atoms with Gasteiger partial charge in [-0.2, -0.15) is 0 Å². The predicted molar refractivity (Wildman–Crippen MR) is 97.0 cm³/mol. The van der Waals surface area contributed by atoms with E-state index >= 15 is 0 Å². The minimum absolute atomic E-state index is 0.00254. The first kappa shape index (κ1) is 17.3. The summed E-state index contributed by atoms with van der Waals surface area (Å²) in [5.74, 6) is 0.523. The van der Waals surface area contributed by atoms with Gasteiger partial charge >= 0.3 is 0 Å². The zero-order valence-corrected chi connectivity index (χ0v) is 15.2. The van der Waals surface area contributed by atoms with Crippen molar-refractivity contribution in [2.45, 2.75) is 13.5 Å². The number of carbonyl (C=O) groups is 1. The molecule has 122 valence electrons. The Balaban J connectivity index is 1.80. The minimum atomic E-state index is -0.144. The van der Waals surface area contributed by atoms with Crippen LogP contribution in [0.1, 0.15) is 11.1 Å². The summed E-state index contributed by atoms with van der Waals surface area (Å²) < 4.78 is 6.38. The van der Waals surface area contributed by atoms with Gasteiger partial charge in [-0.3, -0.25) is 4.79 Å². The first-order valence-corrected chi connectivity index (χ1v) is 8.17.